The van der Waals surface area contributed by atoms with Crippen molar-refractivity contribution in [2.45, 2.75) is 19.4 Å². The van der Waals surface area contributed by atoms with Gasteiger partial charge in [-0.1, -0.05) is 11.2 Å². The molecule has 0 aliphatic heterocycles. The summed E-state index contributed by atoms with van der Waals surface area (Å²) in [7, 11) is 2.96. The van der Waals surface area contributed by atoms with Crippen molar-refractivity contribution in [3.63, 3.8) is 0 Å². The highest BCUT2D eigenvalue weighted by Gasteiger charge is 2.20. The van der Waals surface area contributed by atoms with E-state index in [2.05, 4.69) is 10.5 Å². The summed E-state index contributed by atoms with van der Waals surface area (Å²) in [4.78, 5) is 12.3. The van der Waals surface area contributed by atoms with Crippen molar-refractivity contribution < 1.29 is 19.5 Å². The van der Waals surface area contributed by atoms with Gasteiger partial charge in [0.15, 0.2) is 0 Å². The van der Waals surface area contributed by atoms with Crippen molar-refractivity contribution in [1.82, 2.24) is 5.32 Å². The molecule has 0 bridgehead atoms. The Hall–Kier alpha value is -2.44. The number of methoxy groups -OCH3 is 2. The number of amidine groups is 1. The second-order valence-corrected chi connectivity index (χ2v) is 4.21. The van der Waals surface area contributed by atoms with Crippen molar-refractivity contribution in [1.29, 1.82) is 0 Å². The normalized spacial score (nSPS) is 12.7. The van der Waals surface area contributed by atoms with Gasteiger partial charge in [-0.05, 0) is 19.1 Å². The van der Waals surface area contributed by atoms with Gasteiger partial charge in [0.2, 0.25) is 0 Å². The van der Waals surface area contributed by atoms with Crippen LogP contribution in [0.5, 0.6) is 11.5 Å². The summed E-state index contributed by atoms with van der Waals surface area (Å²) in [5.41, 5.74) is 5.71. The highest BCUT2D eigenvalue weighted by molar-refractivity contribution is 6.00. The van der Waals surface area contributed by atoms with E-state index in [1.807, 2.05) is 0 Å². The number of carbonyl (C=O) groups excluding carboxylic acids is 1. The van der Waals surface area contributed by atoms with Crippen LogP contribution in [0.15, 0.2) is 23.4 Å². The number of rotatable bonds is 6. The molecular formula is C13H19N3O4. The van der Waals surface area contributed by atoms with Crippen LogP contribution in [0, 0.1) is 0 Å². The van der Waals surface area contributed by atoms with Crippen molar-refractivity contribution in [3.05, 3.63) is 23.8 Å². The van der Waals surface area contributed by atoms with Crippen molar-refractivity contribution in [2.75, 3.05) is 14.2 Å². The maximum absolute atomic E-state index is 12.3. The van der Waals surface area contributed by atoms with Gasteiger partial charge in [0.1, 0.15) is 22.9 Å². The number of hydrogen-bond acceptors (Lipinski definition) is 5. The predicted molar refractivity (Wildman–Crippen MR) is 74.5 cm³/mol. The van der Waals surface area contributed by atoms with Gasteiger partial charge in [0, 0.05) is 12.5 Å². The third-order valence-electron chi connectivity index (χ3n) is 2.68. The van der Waals surface area contributed by atoms with Gasteiger partial charge in [-0.2, -0.15) is 0 Å². The number of nitrogens with two attached hydrogens (primary N) is 1. The average Bonchev–Trinajstić information content (AvgIpc) is 2.45. The Morgan fingerprint density at radius 1 is 1.40 bits per heavy atom. The number of nitrogens with one attached hydrogen (secondary N) is 1. The maximum Gasteiger partial charge on any atom is 0.259 e. The summed E-state index contributed by atoms with van der Waals surface area (Å²) in [6.07, 6.45) is 0.236. The van der Waals surface area contributed by atoms with Crippen LogP contribution < -0.4 is 20.5 Å². The van der Waals surface area contributed by atoms with Gasteiger partial charge >= 0.3 is 0 Å². The Bertz CT molecular complexity index is 480. The highest BCUT2D eigenvalue weighted by atomic mass is 16.5. The van der Waals surface area contributed by atoms with E-state index in [1.54, 1.807) is 25.1 Å². The van der Waals surface area contributed by atoms with Crippen molar-refractivity contribution in [3.8, 4) is 11.5 Å². The molecule has 0 spiro atoms. The lowest BCUT2D eigenvalue weighted by Gasteiger charge is -2.16. The average molecular weight is 281 g/mol. The molecular weight excluding hydrogens is 262 g/mol. The maximum atomic E-state index is 12.3. The molecule has 0 fully saturated rings. The minimum absolute atomic E-state index is 0.0461. The summed E-state index contributed by atoms with van der Waals surface area (Å²) < 4.78 is 10.3. The van der Waals surface area contributed by atoms with Crippen molar-refractivity contribution >= 4 is 11.7 Å². The molecule has 1 unspecified atom stereocenters. The molecule has 1 aromatic rings. The van der Waals surface area contributed by atoms with E-state index in [0.717, 1.165) is 0 Å². The molecule has 0 saturated heterocycles. The van der Waals surface area contributed by atoms with Crippen LogP contribution in [0.1, 0.15) is 23.7 Å². The van der Waals surface area contributed by atoms with Gasteiger partial charge in [-0.15, -0.1) is 0 Å². The summed E-state index contributed by atoms with van der Waals surface area (Å²) in [6, 6.07) is 4.78. The monoisotopic (exact) mass is 281 g/mol. The standard InChI is InChI=1S/C13H19N3O4/c1-8(7-11(14)16-18)15-13(17)12-9(19-2)5-4-6-10(12)20-3/h4-6,8,18H,7H2,1-3H3,(H2,14,16)(H,15,17). The lowest BCUT2D eigenvalue weighted by Crippen LogP contribution is -2.36. The van der Waals surface area contributed by atoms with Gasteiger partial charge < -0.3 is 25.7 Å². The zero-order chi connectivity index (χ0) is 15.1. The summed E-state index contributed by atoms with van der Waals surface area (Å²) in [5, 5.41) is 14.1. The minimum atomic E-state index is -0.350. The van der Waals surface area contributed by atoms with Gasteiger partial charge in [0.05, 0.1) is 14.2 Å². The molecule has 0 radical (unpaired) electrons. The number of ether oxygens (including phenoxy) is 2. The smallest absolute Gasteiger partial charge is 0.259 e. The first-order valence-corrected chi connectivity index (χ1v) is 6.01. The molecule has 1 rings (SSSR count). The van der Waals surface area contributed by atoms with Crippen LogP contribution >= 0.6 is 0 Å². The highest BCUT2D eigenvalue weighted by Crippen LogP contribution is 2.28. The fourth-order valence-electron chi connectivity index (χ4n) is 1.78. The predicted octanol–water partition coefficient (Wildman–Crippen LogP) is 0.959. The number of oxime groups is 1. The molecule has 0 aliphatic carbocycles. The number of nitrogens with zero attached hydrogens (tertiary/aromatic N) is 1. The molecule has 0 aliphatic rings. The Morgan fingerprint density at radius 3 is 2.40 bits per heavy atom. The van der Waals surface area contributed by atoms with Crippen LogP contribution in [-0.4, -0.2) is 37.2 Å². The molecule has 20 heavy (non-hydrogen) atoms. The zero-order valence-electron chi connectivity index (χ0n) is 11.7. The van der Waals surface area contributed by atoms with Gasteiger partial charge in [0.25, 0.3) is 5.91 Å². The molecule has 7 heteroatoms. The molecule has 0 aromatic heterocycles. The van der Waals surface area contributed by atoms with Crippen LogP contribution in [0.4, 0.5) is 0 Å². The van der Waals surface area contributed by atoms with Gasteiger partial charge in [-0.3, -0.25) is 4.79 Å². The number of benzene rings is 1. The number of hydrogen-bond donors (Lipinski definition) is 3. The molecule has 0 heterocycles. The van der Waals surface area contributed by atoms with Crippen LogP contribution in [0.2, 0.25) is 0 Å². The first kappa shape index (κ1) is 15.6. The Morgan fingerprint density at radius 2 is 1.95 bits per heavy atom. The third kappa shape index (κ3) is 3.78. The molecule has 1 amide bonds. The first-order chi connectivity index (χ1) is 9.53. The second kappa shape index (κ2) is 7.22. The first-order valence-electron chi connectivity index (χ1n) is 6.01. The van der Waals surface area contributed by atoms with E-state index in [1.165, 1.54) is 14.2 Å². The minimum Gasteiger partial charge on any atom is -0.496 e. The number of amides is 1. The molecule has 110 valence electrons. The summed E-state index contributed by atoms with van der Waals surface area (Å²) >= 11 is 0. The Kier molecular flexibility index (Phi) is 5.64. The summed E-state index contributed by atoms with van der Waals surface area (Å²) in [5.74, 6) is 0.526. The van der Waals surface area contributed by atoms with E-state index < -0.39 is 0 Å². The quantitative estimate of drug-likeness (QED) is 0.311. The Balaban J connectivity index is 2.92. The van der Waals surface area contributed by atoms with Crippen LogP contribution in [0.3, 0.4) is 0 Å². The van der Waals surface area contributed by atoms with E-state index in [9.17, 15) is 4.79 Å². The fourth-order valence-corrected chi connectivity index (χ4v) is 1.78. The summed E-state index contributed by atoms with van der Waals surface area (Å²) in [6.45, 7) is 1.75. The van der Waals surface area contributed by atoms with E-state index >= 15 is 0 Å². The zero-order valence-corrected chi connectivity index (χ0v) is 11.7. The van der Waals surface area contributed by atoms with Crippen LogP contribution in [0.25, 0.3) is 0 Å². The molecule has 4 N–H and O–H groups in total. The molecule has 7 nitrogen and oxygen atoms in total. The van der Waals surface area contributed by atoms with E-state index in [-0.39, 0.29) is 24.2 Å². The molecule has 1 aromatic carbocycles. The van der Waals surface area contributed by atoms with Crippen molar-refractivity contribution in [2.24, 2.45) is 10.9 Å². The largest absolute Gasteiger partial charge is 0.496 e. The van der Waals surface area contributed by atoms with Gasteiger partial charge in [-0.25, -0.2) is 0 Å². The van der Waals surface area contributed by atoms with E-state index in [0.29, 0.717) is 17.1 Å². The SMILES string of the molecule is COc1cccc(OC)c1C(=O)NC(C)CC(N)=NO. The molecule has 0 saturated carbocycles. The Labute approximate surface area is 117 Å². The topological polar surface area (TPSA) is 106 Å². The number of carbonyl (C=O) groups is 1. The lowest BCUT2D eigenvalue weighted by atomic mass is 10.1. The molecule has 1 atom stereocenters. The lowest BCUT2D eigenvalue weighted by molar-refractivity contribution is 0.0934. The van der Waals surface area contributed by atoms with Crippen LogP contribution in [-0.2, 0) is 0 Å². The second-order valence-electron chi connectivity index (χ2n) is 4.21. The van der Waals surface area contributed by atoms with E-state index in [4.69, 9.17) is 20.4 Å². The fraction of sp³-hybridized carbons (Fsp3) is 0.385. The third-order valence-corrected chi connectivity index (χ3v) is 2.68.